The fourth-order valence-corrected chi connectivity index (χ4v) is 1.76. The van der Waals surface area contributed by atoms with Gasteiger partial charge < -0.3 is 21.9 Å². The average Bonchev–Trinajstić information content (AvgIpc) is 2.17. The van der Waals surface area contributed by atoms with Crippen molar-refractivity contribution in [3.05, 3.63) is 0 Å². The number of rotatable bonds is 9. The smallest absolute Gasteiger partial charge is 0.0770 e. The molecule has 0 saturated carbocycles. The Balaban J connectivity index is 0. The van der Waals surface area contributed by atoms with Crippen molar-refractivity contribution >= 4 is 0 Å². The van der Waals surface area contributed by atoms with Crippen molar-refractivity contribution in [2.24, 2.45) is 0 Å². The molecule has 0 amide bonds. The molecule has 0 radical (unpaired) electrons. The molecule has 2 heteroatoms. The lowest BCUT2D eigenvalue weighted by Gasteiger charge is -2.14. The van der Waals surface area contributed by atoms with E-state index in [-0.39, 0.29) is 17.0 Å². The van der Waals surface area contributed by atoms with E-state index in [2.05, 4.69) is 20.8 Å². The summed E-state index contributed by atoms with van der Waals surface area (Å²) in [5.41, 5.74) is 0. The Morgan fingerprint density at radius 3 is 1.71 bits per heavy atom. The van der Waals surface area contributed by atoms with Crippen LogP contribution >= 0.6 is 0 Å². The maximum absolute atomic E-state index is 2.29. The van der Waals surface area contributed by atoms with Crippen LogP contribution in [0.3, 0.4) is 0 Å². The second-order valence-electron chi connectivity index (χ2n) is 3.97. The van der Waals surface area contributed by atoms with Crippen LogP contribution in [0.2, 0.25) is 0 Å². The summed E-state index contributed by atoms with van der Waals surface area (Å²) in [6.07, 6.45) is 8.57. The van der Waals surface area contributed by atoms with Gasteiger partial charge in [0.2, 0.25) is 0 Å². The van der Waals surface area contributed by atoms with E-state index < -0.39 is 0 Å². The van der Waals surface area contributed by atoms with Gasteiger partial charge in [0, 0.05) is 0 Å². The molecular weight excluding hydrogens is 238 g/mol. The van der Waals surface area contributed by atoms with Gasteiger partial charge in [-0.25, -0.2) is 0 Å². The lowest BCUT2D eigenvalue weighted by atomic mass is 10.1. The van der Waals surface area contributed by atoms with Crippen molar-refractivity contribution in [1.29, 1.82) is 0 Å². The molecule has 0 aromatic heterocycles. The fourth-order valence-electron chi connectivity index (χ4n) is 1.76. The van der Waals surface area contributed by atoms with E-state index in [1.165, 1.54) is 58.2 Å². The Kier molecular flexibility index (Phi) is 16.2. The molecule has 0 atom stereocenters. The van der Waals surface area contributed by atoms with Crippen molar-refractivity contribution in [1.82, 2.24) is 0 Å². The molecule has 14 heavy (non-hydrogen) atoms. The number of halogens is 1. The lowest BCUT2D eigenvalue weighted by Crippen LogP contribution is -3.11. The molecule has 1 nitrogen and oxygen atoms in total. The van der Waals surface area contributed by atoms with E-state index in [0.29, 0.717) is 0 Å². The second kappa shape index (κ2) is 13.4. The second-order valence-corrected chi connectivity index (χ2v) is 3.97. The van der Waals surface area contributed by atoms with Crippen LogP contribution in [-0.2, 0) is 0 Å². The van der Waals surface area contributed by atoms with Gasteiger partial charge in [0.15, 0.2) is 0 Å². The molecule has 0 heterocycles. The SMILES string of the molecule is CCCCCCCC[NH+](CC)CC.[Br-]. The zero-order valence-electron chi connectivity index (χ0n) is 10.2. The van der Waals surface area contributed by atoms with Gasteiger partial charge in [-0.2, -0.15) is 0 Å². The highest BCUT2D eigenvalue weighted by molar-refractivity contribution is 4.42. The molecular formula is C12H28BrN. The van der Waals surface area contributed by atoms with Crippen molar-refractivity contribution < 1.29 is 21.9 Å². The highest BCUT2D eigenvalue weighted by Gasteiger charge is 2.00. The van der Waals surface area contributed by atoms with Crippen molar-refractivity contribution in [2.75, 3.05) is 19.6 Å². The standard InChI is InChI=1S/C12H27N.BrH/c1-4-7-8-9-10-11-12-13(5-2)6-3;/h4-12H2,1-3H3;1H. The van der Waals surface area contributed by atoms with Gasteiger partial charge in [0.25, 0.3) is 0 Å². The minimum Gasteiger partial charge on any atom is -1.00 e. The Bertz CT molecular complexity index is 92.3. The zero-order valence-corrected chi connectivity index (χ0v) is 11.8. The van der Waals surface area contributed by atoms with Gasteiger partial charge in [-0.05, 0) is 26.7 Å². The summed E-state index contributed by atoms with van der Waals surface area (Å²) in [6, 6.07) is 0. The monoisotopic (exact) mass is 265 g/mol. The van der Waals surface area contributed by atoms with Crippen LogP contribution in [0.5, 0.6) is 0 Å². The van der Waals surface area contributed by atoms with E-state index in [9.17, 15) is 0 Å². The number of quaternary nitrogens is 1. The predicted molar refractivity (Wildman–Crippen MR) is 60.3 cm³/mol. The van der Waals surface area contributed by atoms with Gasteiger partial charge in [-0.3, -0.25) is 0 Å². The molecule has 88 valence electrons. The van der Waals surface area contributed by atoms with Crippen LogP contribution in [0, 0.1) is 0 Å². The van der Waals surface area contributed by atoms with E-state index in [4.69, 9.17) is 0 Å². The fraction of sp³-hybridized carbons (Fsp3) is 1.00. The lowest BCUT2D eigenvalue weighted by molar-refractivity contribution is -0.896. The highest BCUT2D eigenvalue weighted by atomic mass is 79.9. The molecule has 0 rings (SSSR count). The van der Waals surface area contributed by atoms with E-state index in [1.807, 2.05) is 0 Å². The van der Waals surface area contributed by atoms with Crippen molar-refractivity contribution in [3.63, 3.8) is 0 Å². The summed E-state index contributed by atoms with van der Waals surface area (Å²) >= 11 is 0. The largest absolute Gasteiger partial charge is 1.00 e. The molecule has 0 unspecified atom stereocenters. The molecule has 0 fully saturated rings. The summed E-state index contributed by atoms with van der Waals surface area (Å²) in [5, 5.41) is 0. The first-order valence-electron chi connectivity index (χ1n) is 6.18. The summed E-state index contributed by atoms with van der Waals surface area (Å²) in [5.74, 6) is 0. The summed E-state index contributed by atoms with van der Waals surface area (Å²) in [6.45, 7) is 10.8. The van der Waals surface area contributed by atoms with Crippen LogP contribution in [0.1, 0.15) is 59.3 Å². The molecule has 0 aliphatic heterocycles. The summed E-state index contributed by atoms with van der Waals surface area (Å²) in [4.78, 5) is 1.76. The molecule has 1 N–H and O–H groups in total. The van der Waals surface area contributed by atoms with Gasteiger partial charge in [-0.15, -0.1) is 0 Å². The Labute approximate surface area is 101 Å². The quantitative estimate of drug-likeness (QED) is 0.525. The normalized spacial score (nSPS) is 10.3. The van der Waals surface area contributed by atoms with Crippen LogP contribution in [0.15, 0.2) is 0 Å². The number of hydrogen-bond donors (Lipinski definition) is 1. The first-order chi connectivity index (χ1) is 6.35. The van der Waals surface area contributed by atoms with Gasteiger partial charge in [0.1, 0.15) is 0 Å². The van der Waals surface area contributed by atoms with E-state index in [0.717, 1.165) is 0 Å². The van der Waals surface area contributed by atoms with Crippen molar-refractivity contribution in [2.45, 2.75) is 59.3 Å². The molecule has 0 saturated heterocycles. The van der Waals surface area contributed by atoms with Crippen LogP contribution < -0.4 is 21.9 Å². The maximum Gasteiger partial charge on any atom is 0.0770 e. The molecule has 0 aliphatic rings. The molecule has 0 aromatic carbocycles. The Morgan fingerprint density at radius 2 is 1.21 bits per heavy atom. The predicted octanol–water partition coefficient (Wildman–Crippen LogP) is -0.724. The maximum atomic E-state index is 2.29. The average molecular weight is 266 g/mol. The first-order valence-corrected chi connectivity index (χ1v) is 6.18. The van der Waals surface area contributed by atoms with Gasteiger partial charge >= 0.3 is 0 Å². The Morgan fingerprint density at radius 1 is 0.714 bits per heavy atom. The number of hydrogen-bond acceptors (Lipinski definition) is 0. The van der Waals surface area contributed by atoms with Crippen LogP contribution in [0.4, 0.5) is 0 Å². The van der Waals surface area contributed by atoms with Gasteiger partial charge in [0.05, 0.1) is 19.6 Å². The first kappa shape index (κ1) is 16.9. The third kappa shape index (κ3) is 10.5. The minimum atomic E-state index is 0. The molecule has 0 aliphatic carbocycles. The molecule has 0 spiro atoms. The summed E-state index contributed by atoms with van der Waals surface area (Å²) < 4.78 is 0. The van der Waals surface area contributed by atoms with Gasteiger partial charge in [-0.1, -0.05) is 32.6 Å². The van der Waals surface area contributed by atoms with E-state index >= 15 is 0 Å². The third-order valence-electron chi connectivity index (χ3n) is 2.88. The van der Waals surface area contributed by atoms with E-state index in [1.54, 1.807) is 4.90 Å². The van der Waals surface area contributed by atoms with Crippen LogP contribution in [0.25, 0.3) is 0 Å². The third-order valence-corrected chi connectivity index (χ3v) is 2.88. The summed E-state index contributed by atoms with van der Waals surface area (Å²) in [7, 11) is 0. The number of unbranched alkanes of at least 4 members (excludes halogenated alkanes) is 5. The topological polar surface area (TPSA) is 4.44 Å². The Hall–Kier alpha value is 0.440. The molecule has 0 bridgehead atoms. The van der Waals surface area contributed by atoms with Crippen molar-refractivity contribution in [3.8, 4) is 0 Å². The highest BCUT2D eigenvalue weighted by Crippen LogP contribution is 2.03. The molecule has 0 aromatic rings. The zero-order chi connectivity index (χ0) is 9.94. The number of nitrogens with one attached hydrogen (secondary N) is 1. The van der Waals surface area contributed by atoms with Crippen LogP contribution in [-0.4, -0.2) is 19.6 Å². The minimum absolute atomic E-state index is 0.